The fraction of sp³-hybridized carbons (Fsp3) is 0.731. The Labute approximate surface area is 178 Å². The number of aromatic hydroxyl groups is 1. The molecule has 1 rings (SSSR count). The number of hydrogen-bond acceptors (Lipinski definition) is 3. The molecule has 0 spiro atoms. The number of aryl methyl sites for hydroxylation is 1. The van der Waals surface area contributed by atoms with E-state index in [0.717, 1.165) is 24.8 Å². The number of rotatable bonds is 19. The number of aliphatic hydroxyl groups is 1. The van der Waals surface area contributed by atoms with Gasteiger partial charge in [-0.1, -0.05) is 103 Å². The van der Waals surface area contributed by atoms with Gasteiger partial charge in [0.15, 0.2) is 0 Å². The van der Waals surface area contributed by atoms with E-state index in [1.54, 1.807) is 12.1 Å². The molecule has 1 aromatic carbocycles. The normalized spacial score (nSPS) is 12.2. The summed E-state index contributed by atoms with van der Waals surface area (Å²) < 4.78 is 0. The number of phenols is 1. The molecular formula is C26H44O3. The zero-order valence-electron chi connectivity index (χ0n) is 18.7. The van der Waals surface area contributed by atoms with Gasteiger partial charge in [0.05, 0.1) is 6.10 Å². The number of ketones is 1. The SMILES string of the molecule is CCCCCCCCCCCCCCC[C@@H](O)CC(=O)CCc1ccc(O)cc1. The molecule has 166 valence electrons. The molecule has 3 nitrogen and oxygen atoms in total. The van der Waals surface area contributed by atoms with Crippen molar-refractivity contribution < 1.29 is 15.0 Å². The summed E-state index contributed by atoms with van der Waals surface area (Å²) in [7, 11) is 0. The second-order valence-corrected chi connectivity index (χ2v) is 8.59. The highest BCUT2D eigenvalue weighted by Gasteiger charge is 2.11. The van der Waals surface area contributed by atoms with Crippen molar-refractivity contribution in [1.29, 1.82) is 0 Å². The maximum atomic E-state index is 12.0. The summed E-state index contributed by atoms with van der Waals surface area (Å²) in [5.41, 5.74) is 1.04. The van der Waals surface area contributed by atoms with Gasteiger partial charge in [0, 0.05) is 12.8 Å². The lowest BCUT2D eigenvalue weighted by Crippen LogP contribution is -2.13. The van der Waals surface area contributed by atoms with Crippen LogP contribution in [0, 0.1) is 0 Å². The van der Waals surface area contributed by atoms with Crippen LogP contribution in [-0.4, -0.2) is 22.1 Å². The first-order valence-corrected chi connectivity index (χ1v) is 12.1. The molecule has 0 bridgehead atoms. The highest BCUT2D eigenvalue weighted by atomic mass is 16.3. The molecule has 0 heterocycles. The molecule has 0 aromatic heterocycles. The van der Waals surface area contributed by atoms with E-state index in [-0.39, 0.29) is 18.0 Å². The summed E-state index contributed by atoms with van der Waals surface area (Å²) in [4.78, 5) is 12.0. The van der Waals surface area contributed by atoms with Gasteiger partial charge >= 0.3 is 0 Å². The number of hydrogen-bond donors (Lipinski definition) is 2. The third kappa shape index (κ3) is 15.2. The van der Waals surface area contributed by atoms with E-state index in [2.05, 4.69) is 6.92 Å². The molecule has 0 radical (unpaired) electrons. The van der Waals surface area contributed by atoms with Crippen LogP contribution in [-0.2, 0) is 11.2 Å². The third-order valence-corrected chi connectivity index (χ3v) is 5.73. The summed E-state index contributed by atoms with van der Waals surface area (Å²) >= 11 is 0. The lowest BCUT2D eigenvalue weighted by Gasteiger charge is -2.10. The number of carbonyl (C=O) groups excluding carboxylic acids is 1. The monoisotopic (exact) mass is 404 g/mol. The molecule has 0 aliphatic rings. The van der Waals surface area contributed by atoms with Crippen molar-refractivity contribution in [3.8, 4) is 5.75 Å². The van der Waals surface area contributed by atoms with Crippen LogP contribution in [0.2, 0.25) is 0 Å². The van der Waals surface area contributed by atoms with Gasteiger partial charge in [-0.25, -0.2) is 0 Å². The molecule has 0 saturated carbocycles. The minimum Gasteiger partial charge on any atom is -0.508 e. The summed E-state index contributed by atoms with van der Waals surface area (Å²) in [6, 6.07) is 6.96. The first-order chi connectivity index (χ1) is 14.1. The first kappa shape index (κ1) is 25.7. The van der Waals surface area contributed by atoms with Gasteiger partial charge in [-0.3, -0.25) is 4.79 Å². The summed E-state index contributed by atoms with van der Waals surface area (Å²) in [5, 5.41) is 19.3. The quantitative estimate of drug-likeness (QED) is 0.241. The van der Waals surface area contributed by atoms with Crippen LogP contribution < -0.4 is 0 Å². The fourth-order valence-electron chi connectivity index (χ4n) is 3.81. The van der Waals surface area contributed by atoms with E-state index in [4.69, 9.17) is 0 Å². The zero-order valence-corrected chi connectivity index (χ0v) is 18.7. The molecule has 0 saturated heterocycles. The largest absolute Gasteiger partial charge is 0.508 e. The third-order valence-electron chi connectivity index (χ3n) is 5.73. The Kier molecular flexibility index (Phi) is 15.5. The van der Waals surface area contributed by atoms with Gasteiger partial charge < -0.3 is 10.2 Å². The average Bonchev–Trinajstić information content (AvgIpc) is 2.71. The molecule has 0 aliphatic carbocycles. The van der Waals surface area contributed by atoms with Crippen molar-refractivity contribution in [1.82, 2.24) is 0 Å². The second kappa shape index (κ2) is 17.5. The van der Waals surface area contributed by atoms with Crippen molar-refractivity contribution in [3.05, 3.63) is 29.8 Å². The summed E-state index contributed by atoms with van der Waals surface area (Å²) in [5.74, 6) is 0.369. The molecule has 0 fully saturated rings. The summed E-state index contributed by atoms with van der Waals surface area (Å²) in [6.45, 7) is 2.27. The second-order valence-electron chi connectivity index (χ2n) is 8.59. The minimum atomic E-state index is -0.491. The van der Waals surface area contributed by atoms with E-state index in [1.807, 2.05) is 12.1 Å². The Balaban J connectivity index is 1.89. The summed E-state index contributed by atoms with van der Waals surface area (Å²) in [6.07, 6.45) is 18.8. The number of Topliss-reactive ketones (excluding diaryl/α,β-unsaturated/α-hetero) is 1. The van der Waals surface area contributed by atoms with Crippen molar-refractivity contribution in [2.45, 2.75) is 122 Å². The molecule has 0 amide bonds. The van der Waals surface area contributed by atoms with E-state index in [1.165, 1.54) is 70.6 Å². The Hall–Kier alpha value is -1.35. The van der Waals surface area contributed by atoms with E-state index >= 15 is 0 Å². The molecule has 0 unspecified atom stereocenters. The van der Waals surface area contributed by atoms with Gasteiger partial charge in [-0.2, -0.15) is 0 Å². The predicted octanol–water partition coefficient (Wildman–Crippen LogP) is 7.13. The van der Waals surface area contributed by atoms with Crippen LogP contribution in [0.5, 0.6) is 5.75 Å². The maximum absolute atomic E-state index is 12.0. The molecule has 29 heavy (non-hydrogen) atoms. The lowest BCUT2D eigenvalue weighted by molar-refractivity contribution is -0.121. The van der Waals surface area contributed by atoms with E-state index < -0.39 is 6.10 Å². The van der Waals surface area contributed by atoms with Gasteiger partial charge in [0.25, 0.3) is 0 Å². The van der Waals surface area contributed by atoms with Gasteiger partial charge in [-0.05, 0) is 30.5 Å². The number of aliphatic hydroxyl groups excluding tert-OH is 1. The predicted molar refractivity (Wildman–Crippen MR) is 122 cm³/mol. The lowest BCUT2D eigenvalue weighted by atomic mass is 10.00. The van der Waals surface area contributed by atoms with Gasteiger partial charge in [0.1, 0.15) is 11.5 Å². The van der Waals surface area contributed by atoms with Crippen LogP contribution in [0.1, 0.15) is 115 Å². The zero-order chi connectivity index (χ0) is 21.2. The van der Waals surface area contributed by atoms with Crippen molar-refractivity contribution in [3.63, 3.8) is 0 Å². The Morgan fingerprint density at radius 2 is 1.28 bits per heavy atom. The molecule has 3 heteroatoms. The molecular weight excluding hydrogens is 360 g/mol. The van der Waals surface area contributed by atoms with Crippen LogP contribution in [0.3, 0.4) is 0 Å². The highest BCUT2D eigenvalue weighted by molar-refractivity contribution is 5.79. The van der Waals surface area contributed by atoms with Crippen LogP contribution in [0.15, 0.2) is 24.3 Å². The van der Waals surface area contributed by atoms with Crippen LogP contribution >= 0.6 is 0 Å². The minimum absolute atomic E-state index is 0.125. The van der Waals surface area contributed by atoms with E-state index in [0.29, 0.717) is 12.8 Å². The molecule has 1 atom stereocenters. The van der Waals surface area contributed by atoms with Crippen molar-refractivity contribution >= 4 is 5.78 Å². The topological polar surface area (TPSA) is 57.5 Å². The number of phenolic OH excluding ortho intramolecular Hbond substituents is 1. The fourth-order valence-corrected chi connectivity index (χ4v) is 3.81. The van der Waals surface area contributed by atoms with Crippen molar-refractivity contribution in [2.24, 2.45) is 0 Å². The highest BCUT2D eigenvalue weighted by Crippen LogP contribution is 2.15. The number of carbonyl (C=O) groups is 1. The number of benzene rings is 1. The maximum Gasteiger partial charge on any atom is 0.135 e. The van der Waals surface area contributed by atoms with Crippen LogP contribution in [0.4, 0.5) is 0 Å². The Morgan fingerprint density at radius 1 is 0.793 bits per heavy atom. The van der Waals surface area contributed by atoms with Gasteiger partial charge in [0.2, 0.25) is 0 Å². The van der Waals surface area contributed by atoms with Gasteiger partial charge in [-0.15, -0.1) is 0 Å². The Morgan fingerprint density at radius 3 is 1.79 bits per heavy atom. The molecule has 1 aromatic rings. The van der Waals surface area contributed by atoms with Crippen molar-refractivity contribution in [2.75, 3.05) is 0 Å². The average molecular weight is 405 g/mol. The first-order valence-electron chi connectivity index (χ1n) is 12.1. The van der Waals surface area contributed by atoms with Crippen LogP contribution in [0.25, 0.3) is 0 Å². The smallest absolute Gasteiger partial charge is 0.135 e. The Bertz CT molecular complexity index is 509. The van der Waals surface area contributed by atoms with E-state index in [9.17, 15) is 15.0 Å². The molecule has 0 aliphatic heterocycles. The number of unbranched alkanes of at least 4 members (excludes halogenated alkanes) is 12. The standard InChI is InChI=1S/C26H44O3/c1-2-3-4-5-6-7-8-9-10-11-12-13-14-15-25(28)22-26(29)21-18-23-16-19-24(27)20-17-23/h16-17,19-20,25,27-28H,2-15,18,21-22H2,1H3/t25-/m1/s1. The molecule has 2 N–H and O–H groups in total.